The largest absolute Gasteiger partial charge is 0.497 e. The fourth-order valence-corrected chi connectivity index (χ4v) is 3.66. The third kappa shape index (κ3) is 6.05. The SMILES string of the molecule is COc1ccc(/C=C/C(=O)c2ccc(NC(=O)NS(=O)(=O)c3ccc(C)cc3)cc2)cc1. The first-order chi connectivity index (χ1) is 15.3. The molecule has 3 aromatic carbocycles. The Morgan fingerprint density at radius 3 is 2.09 bits per heavy atom. The zero-order valence-corrected chi connectivity index (χ0v) is 18.3. The summed E-state index contributed by atoms with van der Waals surface area (Å²) in [6.07, 6.45) is 3.14. The molecule has 164 valence electrons. The fourth-order valence-electron chi connectivity index (χ4n) is 2.76. The Morgan fingerprint density at radius 2 is 1.50 bits per heavy atom. The molecule has 0 aliphatic carbocycles. The molecule has 3 rings (SSSR count). The van der Waals surface area contributed by atoms with Gasteiger partial charge in [0.05, 0.1) is 12.0 Å². The van der Waals surface area contributed by atoms with Gasteiger partial charge in [-0.05, 0) is 67.1 Å². The summed E-state index contributed by atoms with van der Waals surface area (Å²) in [6, 6.07) is 18.6. The van der Waals surface area contributed by atoms with Crippen LogP contribution in [0, 0.1) is 6.92 Å². The molecule has 2 N–H and O–H groups in total. The predicted octanol–water partition coefficient (Wildman–Crippen LogP) is 4.41. The number of aryl methyl sites for hydroxylation is 1. The van der Waals surface area contributed by atoms with Crippen molar-refractivity contribution in [2.45, 2.75) is 11.8 Å². The molecule has 0 aromatic heterocycles. The summed E-state index contributed by atoms with van der Waals surface area (Å²) >= 11 is 0. The van der Waals surface area contributed by atoms with Gasteiger partial charge in [-0.15, -0.1) is 0 Å². The molecule has 0 atom stereocenters. The molecule has 0 heterocycles. The van der Waals surface area contributed by atoms with Gasteiger partial charge < -0.3 is 10.1 Å². The highest BCUT2D eigenvalue weighted by molar-refractivity contribution is 7.90. The van der Waals surface area contributed by atoms with Crippen LogP contribution in [0.5, 0.6) is 5.75 Å². The molecule has 0 aliphatic rings. The van der Waals surface area contributed by atoms with Crippen molar-refractivity contribution in [2.75, 3.05) is 12.4 Å². The summed E-state index contributed by atoms with van der Waals surface area (Å²) < 4.78 is 31.6. The van der Waals surface area contributed by atoms with Crippen molar-refractivity contribution >= 4 is 33.6 Å². The highest BCUT2D eigenvalue weighted by Crippen LogP contribution is 2.15. The van der Waals surface area contributed by atoms with E-state index >= 15 is 0 Å². The second-order valence-corrected chi connectivity index (χ2v) is 8.60. The van der Waals surface area contributed by atoms with Crippen molar-refractivity contribution in [1.29, 1.82) is 0 Å². The fraction of sp³-hybridized carbons (Fsp3) is 0.0833. The first-order valence-electron chi connectivity index (χ1n) is 9.64. The Hall–Kier alpha value is -3.91. The third-order valence-corrected chi connectivity index (χ3v) is 5.88. The van der Waals surface area contributed by atoms with Crippen LogP contribution >= 0.6 is 0 Å². The van der Waals surface area contributed by atoms with E-state index in [1.807, 2.05) is 23.8 Å². The molecule has 0 bridgehead atoms. The Labute approximate surface area is 186 Å². The molecule has 32 heavy (non-hydrogen) atoms. The molecule has 3 aromatic rings. The zero-order valence-electron chi connectivity index (χ0n) is 17.5. The van der Waals surface area contributed by atoms with Gasteiger partial charge in [0, 0.05) is 11.3 Å². The number of ketones is 1. The molecule has 7 nitrogen and oxygen atoms in total. The van der Waals surface area contributed by atoms with Gasteiger partial charge in [-0.2, -0.15) is 0 Å². The molecular formula is C24H22N2O5S. The molecule has 0 unspecified atom stereocenters. The highest BCUT2D eigenvalue weighted by Gasteiger charge is 2.17. The topological polar surface area (TPSA) is 102 Å². The van der Waals surface area contributed by atoms with E-state index in [-0.39, 0.29) is 10.7 Å². The lowest BCUT2D eigenvalue weighted by Crippen LogP contribution is -2.34. The number of nitrogens with one attached hydrogen (secondary N) is 2. The molecule has 0 fully saturated rings. The number of anilines is 1. The van der Waals surface area contributed by atoms with E-state index in [4.69, 9.17) is 4.74 Å². The third-order valence-electron chi connectivity index (χ3n) is 4.53. The number of sulfonamides is 1. The van der Waals surface area contributed by atoms with Crippen LogP contribution in [-0.4, -0.2) is 27.3 Å². The average molecular weight is 451 g/mol. The molecule has 8 heteroatoms. The number of hydrogen-bond donors (Lipinski definition) is 2. The van der Waals surface area contributed by atoms with E-state index in [0.717, 1.165) is 16.9 Å². The van der Waals surface area contributed by atoms with Crippen LogP contribution in [-0.2, 0) is 10.0 Å². The van der Waals surface area contributed by atoms with Gasteiger partial charge in [-0.25, -0.2) is 17.9 Å². The van der Waals surface area contributed by atoms with Crippen LogP contribution in [0.1, 0.15) is 21.5 Å². The number of carbonyl (C=O) groups excluding carboxylic acids is 2. The second-order valence-electron chi connectivity index (χ2n) is 6.92. The number of ether oxygens (including phenoxy) is 1. The maximum absolute atomic E-state index is 12.4. The van der Waals surface area contributed by atoms with Crippen LogP contribution < -0.4 is 14.8 Å². The number of allylic oxidation sites excluding steroid dienone is 1. The van der Waals surface area contributed by atoms with Crippen LogP contribution in [0.2, 0.25) is 0 Å². The lowest BCUT2D eigenvalue weighted by Gasteiger charge is -2.09. The van der Waals surface area contributed by atoms with E-state index < -0.39 is 16.1 Å². The molecule has 0 radical (unpaired) electrons. The molecule has 0 aliphatic heterocycles. The van der Waals surface area contributed by atoms with Gasteiger partial charge >= 0.3 is 6.03 Å². The minimum Gasteiger partial charge on any atom is -0.497 e. The van der Waals surface area contributed by atoms with Gasteiger partial charge in [0.1, 0.15) is 5.75 Å². The van der Waals surface area contributed by atoms with E-state index in [2.05, 4.69) is 5.32 Å². The summed E-state index contributed by atoms with van der Waals surface area (Å²) in [6.45, 7) is 1.83. The lowest BCUT2D eigenvalue weighted by molar-refractivity contribution is 0.104. The van der Waals surface area contributed by atoms with Crippen molar-refractivity contribution in [3.63, 3.8) is 0 Å². The Bertz CT molecular complexity index is 1230. The van der Waals surface area contributed by atoms with E-state index in [1.165, 1.54) is 30.3 Å². The van der Waals surface area contributed by atoms with Crippen LogP contribution in [0.15, 0.2) is 83.8 Å². The normalized spacial score (nSPS) is 11.2. The Kier molecular flexibility index (Phi) is 7.07. The van der Waals surface area contributed by atoms with Gasteiger partial charge in [-0.1, -0.05) is 35.9 Å². The summed E-state index contributed by atoms with van der Waals surface area (Å²) in [5, 5.41) is 2.44. The lowest BCUT2D eigenvalue weighted by atomic mass is 10.1. The van der Waals surface area contributed by atoms with E-state index in [0.29, 0.717) is 11.3 Å². The van der Waals surface area contributed by atoms with Crippen molar-refractivity contribution in [3.05, 3.63) is 95.6 Å². The Balaban J connectivity index is 1.59. The highest BCUT2D eigenvalue weighted by atomic mass is 32.2. The van der Waals surface area contributed by atoms with Crippen LogP contribution in [0.3, 0.4) is 0 Å². The second kappa shape index (κ2) is 9.93. The van der Waals surface area contributed by atoms with Crippen LogP contribution in [0.25, 0.3) is 6.08 Å². The maximum atomic E-state index is 12.4. The number of carbonyl (C=O) groups is 2. The number of amides is 2. The van der Waals surface area contributed by atoms with Crippen LogP contribution in [0.4, 0.5) is 10.5 Å². The van der Waals surface area contributed by atoms with Gasteiger partial charge in [0.25, 0.3) is 10.0 Å². The summed E-state index contributed by atoms with van der Waals surface area (Å²) in [5.41, 5.74) is 2.52. The summed E-state index contributed by atoms with van der Waals surface area (Å²) in [4.78, 5) is 24.4. The zero-order chi connectivity index (χ0) is 23.1. The number of urea groups is 1. The minimum absolute atomic E-state index is 0.0113. The summed E-state index contributed by atoms with van der Waals surface area (Å²) in [7, 11) is -2.41. The van der Waals surface area contributed by atoms with Crippen molar-refractivity contribution in [3.8, 4) is 5.75 Å². The smallest absolute Gasteiger partial charge is 0.333 e. The van der Waals surface area contributed by atoms with Crippen molar-refractivity contribution in [1.82, 2.24) is 4.72 Å². The maximum Gasteiger partial charge on any atom is 0.333 e. The molecule has 0 saturated carbocycles. The van der Waals surface area contributed by atoms with Gasteiger partial charge in [0.2, 0.25) is 0 Å². The Morgan fingerprint density at radius 1 is 0.875 bits per heavy atom. The number of methoxy groups -OCH3 is 1. The molecule has 2 amide bonds. The van der Waals surface area contributed by atoms with Gasteiger partial charge in [0.15, 0.2) is 5.78 Å². The first-order valence-corrected chi connectivity index (χ1v) is 11.1. The molecule has 0 spiro atoms. The first kappa shape index (κ1) is 22.8. The average Bonchev–Trinajstić information content (AvgIpc) is 2.78. The number of benzene rings is 3. The van der Waals surface area contributed by atoms with Crippen molar-refractivity contribution < 1.29 is 22.7 Å². The monoisotopic (exact) mass is 450 g/mol. The summed E-state index contributed by atoms with van der Waals surface area (Å²) in [5.74, 6) is 0.519. The van der Waals surface area contributed by atoms with Crippen molar-refractivity contribution in [2.24, 2.45) is 0 Å². The number of hydrogen-bond acceptors (Lipinski definition) is 5. The molecular weight excluding hydrogens is 428 g/mol. The molecule has 0 saturated heterocycles. The number of rotatable bonds is 7. The quantitative estimate of drug-likeness (QED) is 0.410. The van der Waals surface area contributed by atoms with E-state index in [1.54, 1.807) is 49.6 Å². The predicted molar refractivity (Wildman–Crippen MR) is 123 cm³/mol. The minimum atomic E-state index is -3.99. The standard InChI is InChI=1S/C24H22N2O5S/c1-17-3-14-22(15-4-17)32(29,30)26-24(28)25-20-10-8-19(9-11-20)23(27)16-7-18-5-12-21(31-2)13-6-18/h3-16H,1-2H3,(H2,25,26,28)/b16-7+. The van der Waals surface area contributed by atoms with Gasteiger partial charge in [-0.3, -0.25) is 4.79 Å². The van der Waals surface area contributed by atoms with E-state index in [9.17, 15) is 18.0 Å².